The second-order valence-corrected chi connectivity index (χ2v) is 9.29. The lowest BCUT2D eigenvalue weighted by atomic mass is 10.1. The minimum Gasteiger partial charge on any atom is -0.338 e. The summed E-state index contributed by atoms with van der Waals surface area (Å²) in [5, 5.41) is 5.83. The summed E-state index contributed by atoms with van der Waals surface area (Å²) in [6.45, 7) is 3.32. The number of nitrogens with one attached hydrogen (secondary N) is 2. The second-order valence-electron chi connectivity index (χ2n) is 8.27. The van der Waals surface area contributed by atoms with Crippen molar-refractivity contribution in [3.05, 3.63) is 89.5 Å². The Kier molecular flexibility index (Phi) is 7.65. The number of thioether (sulfide) groups is 1. The van der Waals surface area contributed by atoms with Crippen molar-refractivity contribution in [3.8, 4) is 0 Å². The standard InChI is InChI=1S/C27H27N3O3S/c1-19-11-13-21(14-12-19)28-25(31)18-34-24-9-3-2-8-23(24)27(33)29-22-7-4-6-20(16-22)17-30-15-5-10-26(30)32/h2-4,6-9,11-14,16H,5,10,15,17-18H2,1H3,(H,28,31)(H,29,33). The summed E-state index contributed by atoms with van der Waals surface area (Å²) in [5.41, 5.74) is 4.03. The number of anilines is 2. The Bertz CT molecular complexity index is 1190. The molecule has 34 heavy (non-hydrogen) atoms. The smallest absolute Gasteiger partial charge is 0.256 e. The monoisotopic (exact) mass is 473 g/mol. The molecule has 1 aliphatic heterocycles. The summed E-state index contributed by atoms with van der Waals surface area (Å²) in [7, 11) is 0. The first-order chi connectivity index (χ1) is 16.5. The van der Waals surface area contributed by atoms with Crippen LogP contribution in [-0.4, -0.2) is 34.9 Å². The highest BCUT2D eigenvalue weighted by molar-refractivity contribution is 8.00. The molecule has 3 aromatic rings. The molecule has 0 unspecified atom stereocenters. The summed E-state index contributed by atoms with van der Waals surface area (Å²) in [6, 6.07) is 22.4. The van der Waals surface area contributed by atoms with Crippen molar-refractivity contribution < 1.29 is 14.4 Å². The Hall–Kier alpha value is -3.58. The summed E-state index contributed by atoms with van der Waals surface area (Å²) < 4.78 is 0. The maximum Gasteiger partial charge on any atom is 0.256 e. The van der Waals surface area contributed by atoms with E-state index in [2.05, 4.69) is 10.6 Å². The van der Waals surface area contributed by atoms with Crippen molar-refractivity contribution >= 4 is 40.9 Å². The first kappa shape index (κ1) is 23.6. The Morgan fingerprint density at radius 1 is 0.941 bits per heavy atom. The molecule has 6 nitrogen and oxygen atoms in total. The number of benzene rings is 3. The zero-order chi connectivity index (χ0) is 23.9. The van der Waals surface area contributed by atoms with Gasteiger partial charge in [0.05, 0.1) is 11.3 Å². The lowest BCUT2D eigenvalue weighted by molar-refractivity contribution is -0.128. The molecule has 1 heterocycles. The van der Waals surface area contributed by atoms with Gasteiger partial charge in [-0.25, -0.2) is 0 Å². The predicted octanol–water partition coefficient (Wildman–Crippen LogP) is 5.10. The number of carbonyl (C=O) groups excluding carboxylic acids is 3. The molecule has 0 aromatic heterocycles. The number of aryl methyl sites for hydroxylation is 1. The maximum absolute atomic E-state index is 13.0. The van der Waals surface area contributed by atoms with Crippen LogP contribution in [0.3, 0.4) is 0 Å². The van der Waals surface area contributed by atoms with Gasteiger partial charge in [0.25, 0.3) is 5.91 Å². The van der Waals surface area contributed by atoms with Crippen molar-refractivity contribution in [1.29, 1.82) is 0 Å². The van der Waals surface area contributed by atoms with Gasteiger partial charge in [-0.2, -0.15) is 0 Å². The maximum atomic E-state index is 13.0. The van der Waals surface area contributed by atoms with Gasteiger partial charge in [-0.15, -0.1) is 11.8 Å². The topological polar surface area (TPSA) is 78.5 Å². The fourth-order valence-electron chi connectivity index (χ4n) is 3.79. The van der Waals surface area contributed by atoms with E-state index < -0.39 is 0 Å². The molecule has 0 saturated carbocycles. The fourth-order valence-corrected chi connectivity index (χ4v) is 4.64. The minimum absolute atomic E-state index is 0.131. The van der Waals surface area contributed by atoms with E-state index in [1.807, 2.05) is 72.5 Å². The molecule has 4 rings (SSSR count). The van der Waals surface area contributed by atoms with Crippen LogP contribution in [0.2, 0.25) is 0 Å². The van der Waals surface area contributed by atoms with Gasteiger partial charge in [0, 0.05) is 35.8 Å². The van der Waals surface area contributed by atoms with Crippen LogP contribution in [0.1, 0.15) is 34.3 Å². The molecule has 0 radical (unpaired) electrons. The molecular weight excluding hydrogens is 446 g/mol. The highest BCUT2D eigenvalue weighted by Crippen LogP contribution is 2.25. The van der Waals surface area contributed by atoms with Gasteiger partial charge in [-0.05, 0) is 55.3 Å². The molecule has 0 spiro atoms. The SMILES string of the molecule is Cc1ccc(NC(=O)CSc2ccccc2C(=O)Nc2cccc(CN3CCCC3=O)c2)cc1. The highest BCUT2D eigenvalue weighted by atomic mass is 32.2. The zero-order valence-corrected chi connectivity index (χ0v) is 19.9. The molecule has 0 aliphatic carbocycles. The van der Waals surface area contributed by atoms with E-state index in [1.54, 1.807) is 12.1 Å². The minimum atomic E-state index is -0.239. The molecule has 1 aliphatic rings. The van der Waals surface area contributed by atoms with Crippen LogP contribution in [0.5, 0.6) is 0 Å². The summed E-state index contributed by atoms with van der Waals surface area (Å²) >= 11 is 1.32. The lowest BCUT2D eigenvalue weighted by Crippen LogP contribution is -2.23. The summed E-state index contributed by atoms with van der Waals surface area (Å²) in [6.07, 6.45) is 1.50. The molecular formula is C27H27N3O3S. The van der Waals surface area contributed by atoms with Gasteiger partial charge in [0.15, 0.2) is 0 Å². The quantitative estimate of drug-likeness (QED) is 0.446. The average molecular weight is 474 g/mol. The molecule has 1 saturated heterocycles. The first-order valence-electron chi connectivity index (χ1n) is 11.2. The van der Waals surface area contributed by atoms with Gasteiger partial charge in [-0.1, -0.05) is 42.0 Å². The van der Waals surface area contributed by atoms with Crippen LogP contribution in [0.15, 0.2) is 77.7 Å². The Morgan fingerprint density at radius 3 is 2.50 bits per heavy atom. The van der Waals surface area contributed by atoms with Crippen LogP contribution in [-0.2, 0) is 16.1 Å². The third-order valence-electron chi connectivity index (χ3n) is 5.56. The Balaban J connectivity index is 1.37. The van der Waals surface area contributed by atoms with E-state index in [0.29, 0.717) is 24.2 Å². The predicted molar refractivity (Wildman–Crippen MR) is 136 cm³/mol. The third kappa shape index (κ3) is 6.26. The molecule has 7 heteroatoms. The Morgan fingerprint density at radius 2 is 1.74 bits per heavy atom. The number of nitrogens with zero attached hydrogens (tertiary/aromatic N) is 1. The average Bonchev–Trinajstić information content (AvgIpc) is 3.24. The molecule has 3 amide bonds. The van der Waals surface area contributed by atoms with Crippen LogP contribution in [0.25, 0.3) is 0 Å². The zero-order valence-electron chi connectivity index (χ0n) is 19.0. The molecule has 1 fully saturated rings. The number of likely N-dealkylation sites (tertiary alicyclic amines) is 1. The normalized spacial score (nSPS) is 13.1. The highest BCUT2D eigenvalue weighted by Gasteiger charge is 2.20. The van der Waals surface area contributed by atoms with Crippen LogP contribution in [0, 0.1) is 6.92 Å². The van der Waals surface area contributed by atoms with E-state index in [1.165, 1.54) is 11.8 Å². The number of carbonyl (C=O) groups is 3. The van der Waals surface area contributed by atoms with Crippen molar-refractivity contribution in [2.75, 3.05) is 22.9 Å². The van der Waals surface area contributed by atoms with Gasteiger partial charge in [0.2, 0.25) is 11.8 Å². The van der Waals surface area contributed by atoms with Crippen molar-refractivity contribution in [1.82, 2.24) is 4.90 Å². The number of amides is 3. The number of hydrogen-bond donors (Lipinski definition) is 2. The van der Waals surface area contributed by atoms with Crippen molar-refractivity contribution in [3.63, 3.8) is 0 Å². The largest absolute Gasteiger partial charge is 0.338 e. The van der Waals surface area contributed by atoms with Gasteiger partial charge < -0.3 is 15.5 Å². The van der Waals surface area contributed by atoms with Crippen LogP contribution < -0.4 is 10.6 Å². The van der Waals surface area contributed by atoms with E-state index >= 15 is 0 Å². The fraction of sp³-hybridized carbons (Fsp3) is 0.222. The van der Waals surface area contributed by atoms with Gasteiger partial charge in [0.1, 0.15) is 0 Å². The summed E-state index contributed by atoms with van der Waals surface area (Å²) in [4.78, 5) is 39.9. The van der Waals surface area contributed by atoms with E-state index in [-0.39, 0.29) is 23.5 Å². The Labute approximate surface area is 203 Å². The number of rotatable bonds is 8. The van der Waals surface area contributed by atoms with Gasteiger partial charge in [-0.3, -0.25) is 14.4 Å². The lowest BCUT2D eigenvalue weighted by Gasteiger charge is -2.16. The second kappa shape index (κ2) is 11.0. The molecule has 0 bridgehead atoms. The molecule has 174 valence electrons. The van der Waals surface area contributed by atoms with E-state index in [9.17, 15) is 14.4 Å². The van der Waals surface area contributed by atoms with E-state index in [4.69, 9.17) is 0 Å². The van der Waals surface area contributed by atoms with Crippen LogP contribution in [0.4, 0.5) is 11.4 Å². The summed E-state index contributed by atoms with van der Waals surface area (Å²) in [5.74, 6) is -0.00573. The van der Waals surface area contributed by atoms with E-state index in [0.717, 1.165) is 34.7 Å². The van der Waals surface area contributed by atoms with Crippen molar-refractivity contribution in [2.45, 2.75) is 31.2 Å². The molecule has 2 N–H and O–H groups in total. The molecule has 0 atom stereocenters. The number of hydrogen-bond acceptors (Lipinski definition) is 4. The first-order valence-corrected chi connectivity index (χ1v) is 12.2. The van der Waals surface area contributed by atoms with Gasteiger partial charge >= 0.3 is 0 Å². The van der Waals surface area contributed by atoms with Crippen molar-refractivity contribution in [2.24, 2.45) is 0 Å². The molecule has 3 aromatic carbocycles. The van der Waals surface area contributed by atoms with Crippen LogP contribution >= 0.6 is 11.8 Å². The third-order valence-corrected chi connectivity index (χ3v) is 6.63.